The Labute approximate surface area is 119 Å². The molecule has 1 saturated carbocycles. The van der Waals surface area contributed by atoms with E-state index in [-0.39, 0.29) is 18.0 Å². The van der Waals surface area contributed by atoms with Crippen LogP contribution in [0.2, 0.25) is 0 Å². The first-order valence-corrected chi connectivity index (χ1v) is 7.50. The fourth-order valence-corrected chi connectivity index (χ4v) is 3.26. The maximum Gasteiger partial charge on any atom is 0.220 e. The summed E-state index contributed by atoms with van der Waals surface area (Å²) in [7, 11) is 0. The molecule has 1 heterocycles. The van der Waals surface area contributed by atoms with E-state index in [1.54, 1.807) is 0 Å². The number of hydrogen-bond donors (Lipinski definition) is 2. The lowest BCUT2D eigenvalue weighted by molar-refractivity contribution is -0.123. The van der Waals surface area contributed by atoms with Gasteiger partial charge in [-0.3, -0.25) is 4.79 Å². The Kier molecular flexibility index (Phi) is 3.92. The number of rotatable bonds is 3. The molecule has 0 aromatic heterocycles. The molecule has 108 valence electrons. The van der Waals surface area contributed by atoms with Gasteiger partial charge in [-0.1, -0.05) is 31.0 Å². The van der Waals surface area contributed by atoms with Gasteiger partial charge in [0.2, 0.25) is 5.91 Å². The van der Waals surface area contributed by atoms with Crippen LogP contribution in [0.1, 0.15) is 43.7 Å². The van der Waals surface area contributed by atoms with E-state index in [0.29, 0.717) is 18.9 Å². The lowest BCUT2D eigenvalue weighted by atomic mass is 9.83. The normalized spacial score (nSPS) is 28.6. The summed E-state index contributed by atoms with van der Waals surface area (Å²) in [4.78, 5) is 12.2. The van der Waals surface area contributed by atoms with Crippen molar-refractivity contribution in [2.75, 3.05) is 6.61 Å². The second-order valence-corrected chi connectivity index (χ2v) is 5.88. The highest BCUT2D eigenvalue weighted by Crippen LogP contribution is 2.32. The maximum atomic E-state index is 12.2. The van der Waals surface area contributed by atoms with Crippen LogP contribution in [-0.2, 0) is 4.79 Å². The number of hydrogen-bond acceptors (Lipinski definition) is 3. The number of ether oxygens (including phenoxy) is 1. The molecule has 1 aromatic carbocycles. The Balaban J connectivity index is 1.57. The van der Waals surface area contributed by atoms with Crippen LogP contribution in [0.4, 0.5) is 0 Å². The zero-order valence-electron chi connectivity index (χ0n) is 11.7. The summed E-state index contributed by atoms with van der Waals surface area (Å²) in [5.74, 6) is 1.31. The van der Waals surface area contributed by atoms with Gasteiger partial charge in [0.25, 0.3) is 0 Å². The van der Waals surface area contributed by atoms with Crippen molar-refractivity contribution in [2.24, 2.45) is 11.7 Å². The molecule has 3 unspecified atom stereocenters. The molecule has 2 aliphatic rings. The van der Waals surface area contributed by atoms with Crippen LogP contribution in [0.5, 0.6) is 5.75 Å². The third kappa shape index (κ3) is 2.80. The van der Waals surface area contributed by atoms with Gasteiger partial charge in [0.1, 0.15) is 12.4 Å². The van der Waals surface area contributed by atoms with Crippen molar-refractivity contribution >= 4 is 5.91 Å². The average Bonchev–Trinajstić information content (AvgIpc) is 2.85. The minimum atomic E-state index is -0.0153. The number of amides is 1. The van der Waals surface area contributed by atoms with E-state index < -0.39 is 0 Å². The molecule has 0 bridgehead atoms. The standard InChI is InChI=1S/C16H22N2O2/c17-13-7-3-1-5-11(13)9-16(19)18-14-10-20-15-8-4-2-6-12(14)15/h2,4,6,8,11,13-14H,1,3,5,7,9-10,17H2,(H,18,19). The van der Waals surface area contributed by atoms with Gasteiger partial charge in [-0.2, -0.15) is 0 Å². The zero-order valence-corrected chi connectivity index (χ0v) is 11.7. The van der Waals surface area contributed by atoms with Gasteiger partial charge >= 0.3 is 0 Å². The Morgan fingerprint density at radius 3 is 2.95 bits per heavy atom. The molecule has 3 atom stereocenters. The SMILES string of the molecule is NC1CCCCC1CC(=O)NC1COc2ccccc21. The highest BCUT2D eigenvalue weighted by molar-refractivity contribution is 5.77. The summed E-state index contributed by atoms with van der Waals surface area (Å²) in [6.07, 6.45) is 5.06. The van der Waals surface area contributed by atoms with Crippen LogP contribution in [0.15, 0.2) is 24.3 Å². The summed E-state index contributed by atoms with van der Waals surface area (Å²) >= 11 is 0. The van der Waals surface area contributed by atoms with Crippen LogP contribution >= 0.6 is 0 Å². The molecule has 1 aliphatic heterocycles. The van der Waals surface area contributed by atoms with Crippen molar-refractivity contribution in [1.82, 2.24) is 5.32 Å². The summed E-state index contributed by atoms with van der Waals surface area (Å²) in [6.45, 7) is 0.530. The van der Waals surface area contributed by atoms with Crippen LogP contribution in [0, 0.1) is 5.92 Å². The summed E-state index contributed by atoms with van der Waals surface area (Å²) in [5, 5.41) is 3.08. The zero-order chi connectivity index (χ0) is 13.9. The largest absolute Gasteiger partial charge is 0.491 e. The predicted octanol–water partition coefficient (Wildman–Crippen LogP) is 2.14. The van der Waals surface area contributed by atoms with Crippen molar-refractivity contribution < 1.29 is 9.53 Å². The van der Waals surface area contributed by atoms with Gasteiger partial charge in [0.15, 0.2) is 0 Å². The molecule has 0 saturated heterocycles. The first kappa shape index (κ1) is 13.4. The van der Waals surface area contributed by atoms with Crippen LogP contribution in [0.3, 0.4) is 0 Å². The molecule has 1 aromatic rings. The topological polar surface area (TPSA) is 64.4 Å². The third-order valence-electron chi connectivity index (χ3n) is 4.45. The van der Waals surface area contributed by atoms with Gasteiger partial charge in [0.05, 0.1) is 6.04 Å². The number of carbonyl (C=O) groups excluding carboxylic acids is 1. The fourth-order valence-electron chi connectivity index (χ4n) is 3.26. The molecular formula is C16H22N2O2. The molecule has 20 heavy (non-hydrogen) atoms. The number of fused-ring (bicyclic) bond motifs is 1. The number of benzene rings is 1. The Morgan fingerprint density at radius 1 is 1.30 bits per heavy atom. The van der Waals surface area contributed by atoms with Crippen molar-refractivity contribution in [3.8, 4) is 5.75 Å². The lowest BCUT2D eigenvalue weighted by Crippen LogP contribution is -2.38. The smallest absolute Gasteiger partial charge is 0.220 e. The average molecular weight is 274 g/mol. The Morgan fingerprint density at radius 2 is 2.10 bits per heavy atom. The number of nitrogens with two attached hydrogens (primary N) is 1. The highest BCUT2D eigenvalue weighted by atomic mass is 16.5. The van der Waals surface area contributed by atoms with E-state index in [0.717, 1.165) is 24.2 Å². The van der Waals surface area contributed by atoms with Gasteiger partial charge in [-0.25, -0.2) is 0 Å². The molecular weight excluding hydrogens is 252 g/mol. The molecule has 3 rings (SSSR count). The molecule has 0 spiro atoms. The van der Waals surface area contributed by atoms with E-state index in [2.05, 4.69) is 5.32 Å². The van der Waals surface area contributed by atoms with E-state index >= 15 is 0 Å². The van der Waals surface area contributed by atoms with Crippen LogP contribution in [0.25, 0.3) is 0 Å². The van der Waals surface area contributed by atoms with Crippen LogP contribution < -0.4 is 15.8 Å². The van der Waals surface area contributed by atoms with E-state index in [9.17, 15) is 4.79 Å². The molecule has 1 aliphatic carbocycles. The molecule has 4 nitrogen and oxygen atoms in total. The summed E-state index contributed by atoms with van der Waals surface area (Å²) in [6, 6.07) is 8.05. The first-order chi connectivity index (χ1) is 9.74. The Bertz CT molecular complexity index is 489. The van der Waals surface area contributed by atoms with Crippen molar-refractivity contribution in [3.63, 3.8) is 0 Å². The second-order valence-electron chi connectivity index (χ2n) is 5.88. The second kappa shape index (κ2) is 5.83. The first-order valence-electron chi connectivity index (χ1n) is 7.50. The quantitative estimate of drug-likeness (QED) is 0.887. The summed E-state index contributed by atoms with van der Waals surface area (Å²) in [5.41, 5.74) is 7.18. The third-order valence-corrected chi connectivity index (χ3v) is 4.45. The predicted molar refractivity (Wildman–Crippen MR) is 77.4 cm³/mol. The Hall–Kier alpha value is -1.55. The van der Waals surface area contributed by atoms with E-state index in [1.807, 2.05) is 24.3 Å². The highest BCUT2D eigenvalue weighted by Gasteiger charge is 2.28. The minimum absolute atomic E-state index is 0.0153. The maximum absolute atomic E-state index is 12.2. The molecule has 4 heteroatoms. The minimum Gasteiger partial charge on any atom is -0.491 e. The number of carbonyl (C=O) groups is 1. The van der Waals surface area contributed by atoms with E-state index in [4.69, 9.17) is 10.5 Å². The monoisotopic (exact) mass is 274 g/mol. The van der Waals surface area contributed by atoms with Gasteiger partial charge in [-0.15, -0.1) is 0 Å². The van der Waals surface area contributed by atoms with E-state index in [1.165, 1.54) is 12.8 Å². The molecule has 1 fully saturated rings. The number of nitrogens with one attached hydrogen (secondary N) is 1. The van der Waals surface area contributed by atoms with Crippen LogP contribution in [-0.4, -0.2) is 18.6 Å². The van der Waals surface area contributed by atoms with Crippen molar-refractivity contribution in [2.45, 2.75) is 44.2 Å². The molecule has 3 N–H and O–H groups in total. The van der Waals surface area contributed by atoms with Gasteiger partial charge < -0.3 is 15.8 Å². The van der Waals surface area contributed by atoms with Crippen molar-refractivity contribution in [3.05, 3.63) is 29.8 Å². The lowest BCUT2D eigenvalue weighted by Gasteiger charge is -2.28. The summed E-state index contributed by atoms with van der Waals surface area (Å²) < 4.78 is 5.58. The van der Waals surface area contributed by atoms with Gasteiger partial charge in [0, 0.05) is 18.0 Å². The molecule has 1 amide bonds. The van der Waals surface area contributed by atoms with Gasteiger partial charge in [-0.05, 0) is 24.8 Å². The number of para-hydroxylation sites is 1. The fraction of sp³-hybridized carbons (Fsp3) is 0.562. The molecule has 0 radical (unpaired) electrons. The van der Waals surface area contributed by atoms with Crippen molar-refractivity contribution in [1.29, 1.82) is 0 Å².